The van der Waals surface area contributed by atoms with Crippen molar-refractivity contribution in [3.05, 3.63) is 60.8 Å². The largest absolute Gasteiger partial charge is 0.394 e. The van der Waals surface area contributed by atoms with Gasteiger partial charge < -0.3 is 65.1 Å². The van der Waals surface area contributed by atoms with Crippen molar-refractivity contribution in [3.8, 4) is 0 Å². The van der Waals surface area contributed by atoms with Crippen molar-refractivity contribution < 1.29 is 64.6 Å². The molecule has 2 aliphatic heterocycles. The minimum absolute atomic E-state index is 0.210. The van der Waals surface area contributed by atoms with Gasteiger partial charge in [-0.1, -0.05) is 254 Å². The Balaban J connectivity index is 1.70. The highest BCUT2D eigenvalue weighted by atomic mass is 16.7. The van der Waals surface area contributed by atoms with Crippen molar-refractivity contribution in [2.45, 2.75) is 331 Å². The number of allylic oxidation sites excluding steroid dienone is 10. The van der Waals surface area contributed by atoms with E-state index in [1.54, 1.807) is 0 Å². The monoisotopic (exact) mass is 1130 g/mol. The van der Waals surface area contributed by atoms with Crippen LogP contribution >= 0.6 is 0 Å². The molecular weight excluding hydrogens is 1010 g/mol. The van der Waals surface area contributed by atoms with Crippen LogP contribution in [0.3, 0.4) is 0 Å². The number of aliphatic hydroxyl groups is 8. The first-order valence-electron chi connectivity index (χ1n) is 32.5. The Morgan fingerprint density at radius 2 is 0.863 bits per heavy atom. The molecule has 12 unspecified atom stereocenters. The molecule has 2 fully saturated rings. The summed E-state index contributed by atoms with van der Waals surface area (Å²) in [5, 5.41) is 87.5. The van der Waals surface area contributed by atoms with Gasteiger partial charge in [0.2, 0.25) is 5.91 Å². The predicted octanol–water partition coefficient (Wildman–Crippen LogP) is 12.1. The van der Waals surface area contributed by atoms with E-state index >= 15 is 0 Å². The molecule has 0 aliphatic carbocycles. The van der Waals surface area contributed by atoms with Gasteiger partial charge in [-0.25, -0.2) is 0 Å². The van der Waals surface area contributed by atoms with Crippen molar-refractivity contribution >= 4 is 5.91 Å². The van der Waals surface area contributed by atoms with Crippen LogP contribution < -0.4 is 5.32 Å². The molecule has 14 heteroatoms. The molecule has 0 saturated carbocycles. The van der Waals surface area contributed by atoms with E-state index in [0.29, 0.717) is 12.8 Å². The summed E-state index contributed by atoms with van der Waals surface area (Å²) in [6.45, 7) is 2.77. The quantitative estimate of drug-likeness (QED) is 0.0204. The van der Waals surface area contributed by atoms with Crippen LogP contribution in [0.5, 0.6) is 0 Å². The summed E-state index contributed by atoms with van der Waals surface area (Å²) >= 11 is 0. The normalized spacial score (nSPS) is 24.6. The Kier molecular flexibility index (Phi) is 47.2. The molecule has 0 bridgehead atoms. The molecule has 2 heterocycles. The van der Waals surface area contributed by atoms with Gasteiger partial charge in [0.1, 0.15) is 48.8 Å². The lowest BCUT2D eigenvalue weighted by Crippen LogP contribution is -2.65. The molecular formula is C66H119NO13. The lowest BCUT2D eigenvalue weighted by Gasteiger charge is -2.46. The number of hydrogen-bond acceptors (Lipinski definition) is 13. The van der Waals surface area contributed by atoms with Crippen molar-refractivity contribution in [1.82, 2.24) is 5.32 Å². The number of nitrogens with one attached hydrogen (secondary N) is 1. The van der Waals surface area contributed by atoms with E-state index < -0.39 is 86.8 Å². The average molecular weight is 1130 g/mol. The molecule has 80 heavy (non-hydrogen) atoms. The van der Waals surface area contributed by atoms with Crippen LogP contribution in [0.4, 0.5) is 0 Å². The summed E-state index contributed by atoms with van der Waals surface area (Å²) < 4.78 is 22.9. The zero-order valence-electron chi connectivity index (χ0n) is 50.3. The summed E-state index contributed by atoms with van der Waals surface area (Å²) in [6.07, 6.45) is 49.3. The van der Waals surface area contributed by atoms with Gasteiger partial charge in [-0.3, -0.25) is 4.79 Å². The summed E-state index contributed by atoms with van der Waals surface area (Å²) in [4.78, 5) is 13.3. The summed E-state index contributed by atoms with van der Waals surface area (Å²) in [7, 11) is 0. The number of carbonyl (C=O) groups is 1. The fourth-order valence-electron chi connectivity index (χ4n) is 10.6. The van der Waals surface area contributed by atoms with Gasteiger partial charge in [-0.15, -0.1) is 0 Å². The third-order valence-corrected chi connectivity index (χ3v) is 15.7. The fraction of sp³-hybridized carbons (Fsp3) is 0.833. The van der Waals surface area contributed by atoms with Crippen LogP contribution in [0.25, 0.3) is 0 Å². The van der Waals surface area contributed by atoms with Crippen molar-refractivity contribution in [3.63, 3.8) is 0 Å². The molecule has 0 radical (unpaired) electrons. The number of ether oxygens (including phenoxy) is 4. The standard InChI is InChI=1S/C66H119NO13/c1-3-5-7-9-11-13-15-17-19-21-23-24-25-26-27-28-29-30-32-34-36-38-40-42-44-46-48-50-58(71)67-54(55(70)49-47-45-43-41-39-37-35-33-31-22-20-18-16-14-12-10-8-6-4-2)53-77-65-63(76)61(74)64(57(52-69)79-65)80-66-62(75)60(73)59(72)56(51-68)78-66/h5,7,11,13,17,19,23-24,26-27,54-57,59-66,68-70,72-76H,3-4,6,8-10,12,14-16,18,20-22,25,28-53H2,1-2H3,(H,67,71)/b7-5-,13-11-,19-17-,24-23-,27-26-. The average Bonchev–Trinajstić information content (AvgIpc) is 3.49. The number of rotatable bonds is 52. The number of carbonyl (C=O) groups excluding carboxylic acids is 1. The highest BCUT2D eigenvalue weighted by molar-refractivity contribution is 5.76. The third-order valence-electron chi connectivity index (χ3n) is 15.7. The highest BCUT2D eigenvalue weighted by Crippen LogP contribution is 2.30. The highest BCUT2D eigenvalue weighted by Gasteiger charge is 2.51. The molecule has 9 N–H and O–H groups in total. The first-order valence-corrected chi connectivity index (χ1v) is 32.5. The third kappa shape index (κ3) is 35.7. The SMILES string of the molecule is CC/C=C\C/C=C\C/C=C\C/C=C\C/C=C\CCCCCCCCCCCCCC(=O)NC(COC1OC(CO)C(OC2OC(CO)C(O)C(O)C2O)C(O)C1O)C(O)CCCCCCCCCCCCCCCCCCCCC. The minimum Gasteiger partial charge on any atom is -0.394 e. The van der Waals surface area contributed by atoms with Crippen LogP contribution in [-0.2, 0) is 23.7 Å². The Hall–Kier alpha value is -2.31. The van der Waals surface area contributed by atoms with Crippen LogP contribution in [0.1, 0.15) is 258 Å². The maximum absolute atomic E-state index is 13.3. The Bertz CT molecular complexity index is 1570. The number of amides is 1. The maximum Gasteiger partial charge on any atom is 0.220 e. The van der Waals surface area contributed by atoms with Gasteiger partial charge in [0, 0.05) is 6.42 Å². The molecule has 0 aromatic rings. The molecule has 14 nitrogen and oxygen atoms in total. The number of hydrogen-bond donors (Lipinski definition) is 9. The first kappa shape index (κ1) is 73.8. The van der Waals surface area contributed by atoms with Gasteiger partial charge in [-0.2, -0.15) is 0 Å². The molecule has 0 spiro atoms. The molecule has 0 aromatic heterocycles. The van der Waals surface area contributed by atoms with E-state index in [2.05, 4.69) is 79.9 Å². The van der Waals surface area contributed by atoms with Crippen LogP contribution in [0.2, 0.25) is 0 Å². The maximum atomic E-state index is 13.3. The van der Waals surface area contributed by atoms with E-state index in [1.165, 1.54) is 141 Å². The minimum atomic E-state index is -1.78. The summed E-state index contributed by atoms with van der Waals surface area (Å²) in [5.74, 6) is -0.210. The Morgan fingerprint density at radius 1 is 0.463 bits per heavy atom. The molecule has 12 atom stereocenters. The van der Waals surface area contributed by atoms with Gasteiger partial charge >= 0.3 is 0 Å². The zero-order valence-corrected chi connectivity index (χ0v) is 50.3. The molecule has 1 amide bonds. The predicted molar refractivity (Wildman–Crippen MR) is 323 cm³/mol. The van der Waals surface area contributed by atoms with Crippen molar-refractivity contribution in [2.75, 3.05) is 19.8 Å². The van der Waals surface area contributed by atoms with E-state index in [1.807, 2.05) is 0 Å². The van der Waals surface area contributed by atoms with E-state index in [0.717, 1.165) is 89.9 Å². The fourth-order valence-corrected chi connectivity index (χ4v) is 10.6. The van der Waals surface area contributed by atoms with Crippen LogP contribution in [-0.4, -0.2) is 140 Å². The Labute approximate surface area is 486 Å². The lowest BCUT2D eigenvalue weighted by atomic mass is 9.97. The lowest BCUT2D eigenvalue weighted by molar-refractivity contribution is -0.359. The summed E-state index contributed by atoms with van der Waals surface area (Å²) in [5.41, 5.74) is 0. The molecule has 2 saturated heterocycles. The second kappa shape index (κ2) is 51.1. The second-order valence-corrected chi connectivity index (χ2v) is 22.9. The van der Waals surface area contributed by atoms with Gasteiger partial charge in [-0.05, 0) is 57.8 Å². The van der Waals surface area contributed by atoms with Crippen LogP contribution in [0.15, 0.2) is 60.8 Å². The van der Waals surface area contributed by atoms with Crippen LogP contribution in [0, 0.1) is 0 Å². The van der Waals surface area contributed by atoms with E-state index in [-0.39, 0.29) is 12.5 Å². The van der Waals surface area contributed by atoms with Crippen molar-refractivity contribution in [1.29, 1.82) is 0 Å². The van der Waals surface area contributed by atoms with E-state index in [4.69, 9.17) is 18.9 Å². The number of aliphatic hydroxyl groups excluding tert-OH is 8. The van der Waals surface area contributed by atoms with Gasteiger partial charge in [0.05, 0.1) is 32.0 Å². The number of unbranched alkanes of at least 4 members (excludes halogenated alkanes) is 29. The molecule has 0 aromatic carbocycles. The molecule has 2 aliphatic rings. The Morgan fingerprint density at radius 3 is 1.32 bits per heavy atom. The first-order chi connectivity index (χ1) is 39.1. The summed E-state index contributed by atoms with van der Waals surface area (Å²) in [6, 6.07) is -0.834. The van der Waals surface area contributed by atoms with Crippen molar-refractivity contribution in [2.24, 2.45) is 0 Å². The molecule has 466 valence electrons. The second-order valence-electron chi connectivity index (χ2n) is 22.9. The van der Waals surface area contributed by atoms with E-state index in [9.17, 15) is 45.6 Å². The zero-order chi connectivity index (χ0) is 58.1. The van der Waals surface area contributed by atoms with Gasteiger partial charge in [0.15, 0.2) is 12.6 Å². The van der Waals surface area contributed by atoms with Gasteiger partial charge in [0.25, 0.3) is 0 Å². The topological polar surface area (TPSA) is 228 Å². The smallest absolute Gasteiger partial charge is 0.220 e. The molecule has 2 rings (SSSR count).